The number of benzene rings is 3. The molecule has 0 amide bonds. The average molecular weight is 479 g/mol. The van der Waals surface area contributed by atoms with Crippen molar-refractivity contribution in [2.24, 2.45) is 5.10 Å². The van der Waals surface area contributed by atoms with Crippen LogP contribution in [0.25, 0.3) is 0 Å². The Labute approximate surface area is 202 Å². The predicted octanol–water partition coefficient (Wildman–Crippen LogP) is 6.08. The lowest BCUT2D eigenvalue weighted by atomic mass is 10.2. The van der Waals surface area contributed by atoms with E-state index in [1.54, 1.807) is 29.0 Å². The maximum absolute atomic E-state index is 5.98. The molecule has 0 aliphatic rings. The van der Waals surface area contributed by atoms with E-state index in [2.05, 4.69) is 15.3 Å². The number of nitrogens with zero attached hydrogens (tertiary/aromatic N) is 4. The zero-order valence-electron chi connectivity index (χ0n) is 18.1. The maximum Gasteiger partial charge on any atom is 0.212 e. The summed E-state index contributed by atoms with van der Waals surface area (Å²) in [5.41, 5.74) is 3.13. The van der Waals surface area contributed by atoms with Gasteiger partial charge in [-0.25, -0.2) is 0 Å². The molecule has 1 aromatic heterocycles. The summed E-state index contributed by atoms with van der Waals surface area (Å²) in [7, 11) is 0. The second-order valence-electron chi connectivity index (χ2n) is 7.03. The van der Waals surface area contributed by atoms with E-state index in [9.17, 15) is 0 Å². The van der Waals surface area contributed by atoms with Crippen molar-refractivity contribution in [1.82, 2.24) is 14.9 Å². The second kappa shape index (κ2) is 11.5. The Kier molecular flexibility index (Phi) is 8.00. The van der Waals surface area contributed by atoms with E-state index in [0.29, 0.717) is 29.9 Å². The van der Waals surface area contributed by atoms with Gasteiger partial charge in [-0.2, -0.15) is 9.78 Å². The molecule has 0 aliphatic heterocycles. The fourth-order valence-corrected chi connectivity index (χ4v) is 3.92. The lowest BCUT2D eigenvalue weighted by molar-refractivity contribution is 0.269. The molecule has 4 aromatic rings. The van der Waals surface area contributed by atoms with Gasteiger partial charge in [0.25, 0.3) is 0 Å². The Morgan fingerprint density at radius 2 is 1.79 bits per heavy atom. The summed E-state index contributed by atoms with van der Waals surface area (Å²) in [6, 6.07) is 23.5. The smallest absolute Gasteiger partial charge is 0.212 e. The molecule has 1 heterocycles. The van der Waals surface area contributed by atoms with Crippen LogP contribution in [0.5, 0.6) is 11.5 Å². The summed E-state index contributed by atoms with van der Waals surface area (Å²) in [4.78, 5) is 0. The largest absolute Gasteiger partial charge is 0.490 e. The van der Waals surface area contributed by atoms with E-state index in [0.717, 1.165) is 27.5 Å². The molecule has 33 heavy (non-hydrogen) atoms. The van der Waals surface area contributed by atoms with E-state index < -0.39 is 0 Å². The normalized spacial score (nSPS) is 11.1. The van der Waals surface area contributed by atoms with Crippen LogP contribution >= 0.6 is 23.4 Å². The Morgan fingerprint density at radius 3 is 2.58 bits per heavy atom. The van der Waals surface area contributed by atoms with Crippen LogP contribution in [0, 0.1) is 0 Å². The van der Waals surface area contributed by atoms with E-state index in [1.165, 1.54) is 0 Å². The third-order valence-corrected chi connectivity index (χ3v) is 5.87. The Balaban J connectivity index is 1.43. The first-order valence-corrected chi connectivity index (χ1v) is 11.8. The van der Waals surface area contributed by atoms with Crippen molar-refractivity contribution in [3.8, 4) is 11.5 Å². The Morgan fingerprint density at radius 1 is 0.970 bits per heavy atom. The fraction of sp³-hybridized carbons (Fsp3) is 0.160. The van der Waals surface area contributed by atoms with Gasteiger partial charge in [0.15, 0.2) is 11.5 Å². The van der Waals surface area contributed by atoms with E-state index in [-0.39, 0.29) is 0 Å². The van der Waals surface area contributed by atoms with Crippen LogP contribution in [-0.4, -0.2) is 27.7 Å². The van der Waals surface area contributed by atoms with Crippen LogP contribution in [0.15, 0.2) is 89.4 Å². The zero-order valence-corrected chi connectivity index (χ0v) is 19.7. The van der Waals surface area contributed by atoms with E-state index >= 15 is 0 Å². The molecule has 0 unspecified atom stereocenters. The van der Waals surface area contributed by atoms with Gasteiger partial charge < -0.3 is 9.47 Å². The average Bonchev–Trinajstić information content (AvgIpc) is 3.30. The molecule has 3 aromatic carbocycles. The highest BCUT2D eigenvalue weighted by atomic mass is 35.5. The van der Waals surface area contributed by atoms with Crippen LogP contribution in [0.3, 0.4) is 0 Å². The topological polar surface area (TPSA) is 61.5 Å². The van der Waals surface area contributed by atoms with Gasteiger partial charge in [0.2, 0.25) is 5.16 Å². The SMILES string of the molecule is CCOc1cc(/C=N/n2cnnc2SCc2ccc(Cl)cc2)ccc1OCc1ccccc1. The van der Waals surface area contributed by atoms with Crippen molar-refractivity contribution in [2.45, 2.75) is 24.4 Å². The lowest BCUT2D eigenvalue weighted by Crippen LogP contribution is -2.00. The van der Waals surface area contributed by atoms with Crippen molar-refractivity contribution >= 4 is 29.6 Å². The third-order valence-electron chi connectivity index (χ3n) is 4.62. The number of hydrogen-bond acceptors (Lipinski definition) is 6. The molecular weight excluding hydrogens is 456 g/mol. The predicted molar refractivity (Wildman–Crippen MR) is 132 cm³/mol. The van der Waals surface area contributed by atoms with Crippen LogP contribution < -0.4 is 9.47 Å². The minimum absolute atomic E-state index is 0.475. The van der Waals surface area contributed by atoms with Crippen LogP contribution in [0.2, 0.25) is 5.02 Å². The summed E-state index contributed by atoms with van der Waals surface area (Å²) in [5.74, 6) is 2.12. The summed E-state index contributed by atoms with van der Waals surface area (Å²) in [6.45, 7) is 2.96. The lowest BCUT2D eigenvalue weighted by Gasteiger charge is -2.12. The van der Waals surface area contributed by atoms with Crippen molar-refractivity contribution < 1.29 is 9.47 Å². The standard InChI is InChI=1S/C25H23ClN4O2S/c1-2-31-24-14-21(10-13-23(24)32-16-19-6-4-3-5-7-19)15-28-30-18-27-29-25(30)33-17-20-8-11-22(26)12-9-20/h3-15,18H,2,16-17H2,1H3/b28-15+. The molecule has 0 radical (unpaired) electrons. The first-order valence-electron chi connectivity index (χ1n) is 10.5. The molecule has 0 saturated heterocycles. The van der Waals surface area contributed by atoms with Gasteiger partial charge in [-0.05, 0) is 53.9 Å². The first-order chi connectivity index (χ1) is 16.2. The highest BCUT2D eigenvalue weighted by molar-refractivity contribution is 7.98. The zero-order chi connectivity index (χ0) is 22.9. The number of hydrogen-bond donors (Lipinski definition) is 0. The molecular formula is C25H23ClN4O2S. The number of halogens is 1. The van der Waals surface area contributed by atoms with Gasteiger partial charge in [0.1, 0.15) is 12.9 Å². The van der Waals surface area contributed by atoms with Crippen molar-refractivity contribution in [3.05, 3.63) is 101 Å². The number of ether oxygens (including phenoxy) is 2. The first kappa shape index (κ1) is 22.9. The monoisotopic (exact) mass is 478 g/mol. The van der Waals surface area contributed by atoms with Gasteiger partial charge in [0, 0.05) is 10.8 Å². The minimum atomic E-state index is 0.475. The van der Waals surface area contributed by atoms with Gasteiger partial charge in [-0.15, -0.1) is 10.2 Å². The second-order valence-corrected chi connectivity index (χ2v) is 8.41. The van der Waals surface area contributed by atoms with E-state index in [1.807, 2.05) is 79.7 Å². The molecule has 0 spiro atoms. The molecule has 0 saturated carbocycles. The van der Waals surface area contributed by atoms with Gasteiger partial charge in [0.05, 0.1) is 12.8 Å². The quantitative estimate of drug-likeness (QED) is 0.204. The van der Waals surface area contributed by atoms with Crippen LogP contribution in [-0.2, 0) is 12.4 Å². The molecule has 168 valence electrons. The van der Waals surface area contributed by atoms with Gasteiger partial charge in [-0.1, -0.05) is 65.8 Å². The summed E-state index contributed by atoms with van der Waals surface area (Å²) in [5, 5.41) is 14.1. The maximum atomic E-state index is 5.98. The molecule has 0 atom stereocenters. The van der Waals surface area contributed by atoms with Gasteiger partial charge >= 0.3 is 0 Å². The van der Waals surface area contributed by atoms with Crippen molar-refractivity contribution in [1.29, 1.82) is 0 Å². The van der Waals surface area contributed by atoms with E-state index in [4.69, 9.17) is 21.1 Å². The molecule has 4 rings (SSSR count). The highest BCUT2D eigenvalue weighted by Crippen LogP contribution is 2.29. The molecule has 0 N–H and O–H groups in total. The van der Waals surface area contributed by atoms with Crippen LogP contribution in [0.4, 0.5) is 0 Å². The number of rotatable bonds is 10. The summed E-state index contributed by atoms with van der Waals surface area (Å²) >= 11 is 7.51. The molecule has 6 nitrogen and oxygen atoms in total. The van der Waals surface area contributed by atoms with Crippen molar-refractivity contribution in [3.63, 3.8) is 0 Å². The molecule has 0 bridgehead atoms. The summed E-state index contributed by atoms with van der Waals surface area (Å²) < 4.78 is 13.4. The third kappa shape index (κ3) is 6.60. The molecule has 8 heteroatoms. The molecule has 0 fully saturated rings. The Hall–Kier alpha value is -3.29. The minimum Gasteiger partial charge on any atom is -0.490 e. The van der Waals surface area contributed by atoms with Crippen LogP contribution in [0.1, 0.15) is 23.6 Å². The number of aromatic nitrogens is 3. The Bertz CT molecular complexity index is 1200. The molecule has 0 aliphatic carbocycles. The fourth-order valence-electron chi connectivity index (χ4n) is 2.98. The van der Waals surface area contributed by atoms with Gasteiger partial charge in [-0.3, -0.25) is 0 Å². The summed E-state index contributed by atoms with van der Waals surface area (Å²) in [6.07, 6.45) is 3.33. The highest BCUT2D eigenvalue weighted by Gasteiger charge is 2.08. The number of thioether (sulfide) groups is 1. The van der Waals surface area contributed by atoms with Crippen molar-refractivity contribution in [2.75, 3.05) is 6.61 Å².